The minimum absolute atomic E-state index is 0.210. The Hall–Kier alpha value is -3.22. The molecule has 7 heteroatoms. The molecule has 0 fully saturated rings. The molecule has 2 rings (SSSR count). The number of carbonyl (C=O) groups excluding carboxylic acids is 2. The summed E-state index contributed by atoms with van der Waals surface area (Å²) in [6, 6.07) is 12.5. The summed E-state index contributed by atoms with van der Waals surface area (Å²) in [7, 11) is 1.57. The van der Waals surface area contributed by atoms with E-state index < -0.39 is 17.9 Å². The summed E-state index contributed by atoms with van der Waals surface area (Å²) < 4.78 is 16.0. The van der Waals surface area contributed by atoms with E-state index in [0.29, 0.717) is 17.2 Å². The van der Waals surface area contributed by atoms with E-state index in [4.69, 9.17) is 14.2 Å². The second-order valence-corrected chi connectivity index (χ2v) is 6.03. The first kappa shape index (κ1) is 20.1. The van der Waals surface area contributed by atoms with E-state index >= 15 is 0 Å². The van der Waals surface area contributed by atoms with Crippen LogP contribution in [0.5, 0.6) is 17.2 Å². The molecule has 0 aliphatic carbocycles. The van der Waals surface area contributed by atoms with Crippen molar-refractivity contribution >= 4 is 11.8 Å². The molecule has 0 bridgehead atoms. The van der Waals surface area contributed by atoms with Crippen LogP contribution in [0.15, 0.2) is 42.5 Å². The van der Waals surface area contributed by atoms with Crippen molar-refractivity contribution in [3.05, 3.63) is 53.6 Å². The third-order valence-electron chi connectivity index (χ3n) is 3.76. The summed E-state index contributed by atoms with van der Waals surface area (Å²) in [5.74, 6) is 0.877. The van der Waals surface area contributed by atoms with Gasteiger partial charge in [-0.1, -0.05) is 17.7 Å². The monoisotopic (exact) mass is 372 g/mol. The second-order valence-electron chi connectivity index (χ2n) is 6.03. The topological polar surface area (TPSA) is 85.9 Å². The molecule has 2 N–H and O–H groups in total. The molecule has 144 valence electrons. The Kier molecular flexibility index (Phi) is 7.05. The molecule has 7 nitrogen and oxygen atoms in total. The SMILES string of the molecule is COc1ccc(OC(C)C(=O)NNC(=O)COc2ccc(C)cc2C)cc1. The van der Waals surface area contributed by atoms with Gasteiger partial charge in [0.2, 0.25) is 0 Å². The van der Waals surface area contributed by atoms with Gasteiger partial charge in [0.1, 0.15) is 17.2 Å². The lowest BCUT2D eigenvalue weighted by molar-refractivity contribution is -0.133. The molecule has 0 saturated carbocycles. The Labute approximate surface area is 158 Å². The van der Waals surface area contributed by atoms with E-state index in [1.165, 1.54) is 0 Å². The highest BCUT2D eigenvalue weighted by Gasteiger charge is 2.15. The summed E-state index contributed by atoms with van der Waals surface area (Å²) in [6.45, 7) is 5.25. The molecule has 0 aromatic heterocycles. The third-order valence-corrected chi connectivity index (χ3v) is 3.76. The molecule has 0 spiro atoms. The van der Waals surface area contributed by atoms with Gasteiger partial charge >= 0.3 is 0 Å². The number of nitrogens with one attached hydrogen (secondary N) is 2. The predicted octanol–water partition coefficient (Wildman–Crippen LogP) is 2.31. The molecule has 0 radical (unpaired) electrons. The van der Waals surface area contributed by atoms with Crippen molar-refractivity contribution in [1.82, 2.24) is 10.9 Å². The van der Waals surface area contributed by atoms with Crippen LogP contribution in [0, 0.1) is 13.8 Å². The normalized spacial score (nSPS) is 11.3. The van der Waals surface area contributed by atoms with Crippen LogP contribution in [0.25, 0.3) is 0 Å². The van der Waals surface area contributed by atoms with Crippen molar-refractivity contribution < 1.29 is 23.8 Å². The molecule has 0 aliphatic rings. The van der Waals surface area contributed by atoms with Gasteiger partial charge in [0.05, 0.1) is 7.11 Å². The zero-order chi connectivity index (χ0) is 19.8. The third kappa shape index (κ3) is 6.22. The van der Waals surface area contributed by atoms with Crippen LogP contribution in [0.4, 0.5) is 0 Å². The van der Waals surface area contributed by atoms with Crippen molar-refractivity contribution in [2.75, 3.05) is 13.7 Å². The van der Waals surface area contributed by atoms with Gasteiger partial charge in [-0.3, -0.25) is 20.4 Å². The van der Waals surface area contributed by atoms with E-state index in [9.17, 15) is 9.59 Å². The van der Waals surface area contributed by atoms with Crippen molar-refractivity contribution in [3.8, 4) is 17.2 Å². The maximum atomic E-state index is 12.0. The number of methoxy groups -OCH3 is 1. The Balaban J connectivity index is 1.75. The highest BCUT2D eigenvalue weighted by molar-refractivity contribution is 5.85. The number of hydrogen-bond donors (Lipinski definition) is 2. The minimum atomic E-state index is -0.793. The second kappa shape index (κ2) is 9.47. The van der Waals surface area contributed by atoms with Crippen molar-refractivity contribution in [1.29, 1.82) is 0 Å². The first-order valence-corrected chi connectivity index (χ1v) is 8.48. The zero-order valence-electron chi connectivity index (χ0n) is 15.9. The van der Waals surface area contributed by atoms with Crippen molar-refractivity contribution in [2.24, 2.45) is 0 Å². The molecular formula is C20H24N2O5. The van der Waals surface area contributed by atoms with E-state index in [1.807, 2.05) is 26.0 Å². The molecule has 0 saturated heterocycles. The standard InChI is InChI=1S/C20H24N2O5/c1-13-5-10-18(14(2)11-13)26-12-19(23)21-22-20(24)15(3)27-17-8-6-16(25-4)7-9-17/h5-11,15H,12H2,1-4H3,(H,21,23)(H,22,24). The Morgan fingerprint density at radius 1 is 1.00 bits per heavy atom. The maximum absolute atomic E-state index is 12.0. The van der Waals surface area contributed by atoms with Crippen LogP contribution < -0.4 is 25.1 Å². The Morgan fingerprint density at radius 2 is 1.67 bits per heavy atom. The lowest BCUT2D eigenvalue weighted by Gasteiger charge is -2.15. The van der Waals surface area contributed by atoms with Crippen molar-refractivity contribution in [3.63, 3.8) is 0 Å². The zero-order valence-corrected chi connectivity index (χ0v) is 15.9. The van der Waals surface area contributed by atoms with E-state index in [0.717, 1.165) is 11.1 Å². The fourth-order valence-corrected chi connectivity index (χ4v) is 2.29. The quantitative estimate of drug-likeness (QED) is 0.729. The minimum Gasteiger partial charge on any atom is -0.497 e. The molecule has 1 unspecified atom stereocenters. The summed E-state index contributed by atoms with van der Waals surface area (Å²) in [5.41, 5.74) is 6.67. The van der Waals surface area contributed by atoms with Gasteiger partial charge in [0.25, 0.3) is 11.8 Å². The molecule has 2 amide bonds. The molecule has 0 aliphatic heterocycles. The van der Waals surface area contributed by atoms with Gasteiger partial charge in [0.15, 0.2) is 12.7 Å². The smallest absolute Gasteiger partial charge is 0.279 e. The van der Waals surface area contributed by atoms with Crippen LogP contribution in [-0.2, 0) is 9.59 Å². The number of amides is 2. The highest BCUT2D eigenvalue weighted by Crippen LogP contribution is 2.19. The molecule has 0 heterocycles. The number of aryl methyl sites for hydroxylation is 2. The Bertz CT molecular complexity index is 789. The number of hydrogen-bond acceptors (Lipinski definition) is 5. The van der Waals surface area contributed by atoms with Gasteiger partial charge in [-0.2, -0.15) is 0 Å². The van der Waals surface area contributed by atoms with Crippen LogP contribution in [-0.4, -0.2) is 31.6 Å². The lowest BCUT2D eigenvalue weighted by Crippen LogP contribution is -2.48. The predicted molar refractivity (Wildman–Crippen MR) is 101 cm³/mol. The summed E-state index contributed by atoms with van der Waals surface area (Å²) in [4.78, 5) is 23.9. The Morgan fingerprint density at radius 3 is 2.30 bits per heavy atom. The number of carbonyl (C=O) groups is 2. The van der Waals surface area contributed by atoms with Crippen molar-refractivity contribution in [2.45, 2.75) is 26.9 Å². The first-order valence-electron chi connectivity index (χ1n) is 8.48. The molecule has 2 aromatic rings. The van der Waals surface area contributed by atoms with Crippen LogP contribution in [0.2, 0.25) is 0 Å². The summed E-state index contributed by atoms with van der Waals surface area (Å²) in [6.07, 6.45) is -0.793. The average Bonchev–Trinajstić information content (AvgIpc) is 2.66. The molecule has 27 heavy (non-hydrogen) atoms. The average molecular weight is 372 g/mol. The molecular weight excluding hydrogens is 348 g/mol. The number of hydrazine groups is 1. The van der Waals surface area contributed by atoms with E-state index in [2.05, 4.69) is 10.9 Å². The van der Waals surface area contributed by atoms with Gasteiger partial charge in [-0.15, -0.1) is 0 Å². The summed E-state index contributed by atoms with van der Waals surface area (Å²) in [5, 5.41) is 0. The van der Waals surface area contributed by atoms with Gasteiger partial charge < -0.3 is 14.2 Å². The number of ether oxygens (including phenoxy) is 3. The summed E-state index contributed by atoms with van der Waals surface area (Å²) >= 11 is 0. The molecule has 2 aromatic carbocycles. The molecule has 1 atom stereocenters. The van der Waals surface area contributed by atoms with Crippen LogP contribution in [0.3, 0.4) is 0 Å². The fourth-order valence-electron chi connectivity index (χ4n) is 2.29. The maximum Gasteiger partial charge on any atom is 0.279 e. The van der Waals surface area contributed by atoms with E-state index in [1.54, 1.807) is 44.4 Å². The highest BCUT2D eigenvalue weighted by atomic mass is 16.5. The number of benzene rings is 2. The van der Waals surface area contributed by atoms with Crippen LogP contribution in [0.1, 0.15) is 18.1 Å². The van der Waals surface area contributed by atoms with Gasteiger partial charge in [0, 0.05) is 0 Å². The van der Waals surface area contributed by atoms with Gasteiger partial charge in [-0.25, -0.2) is 0 Å². The van der Waals surface area contributed by atoms with E-state index in [-0.39, 0.29) is 6.61 Å². The van der Waals surface area contributed by atoms with Gasteiger partial charge in [-0.05, 0) is 56.7 Å². The van der Waals surface area contributed by atoms with Crippen LogP contribution >= 0.6 is 0 Å². The first-order chi connectivity index (χ1) is 12.9. The lowest BCUT2D eigenvalue weighted by atomic mass is 10.1. The largest absolute Gasteiger partial charge is 0.497 e. The number of rotatable bonds is 7. The fraction of sp³-hybridized carbons (Fsp3) is 0.300.